The molecule has 0 aliphatic carbocycles. The topological polar surface area (TPSA) is 145 Å². The van der Waals surface area contributed by atoms with Crippen LogP contribution in [0.2, 0.25) is 0 Å². The fourth-order valence-electron chi connectivity index (χ4n) is 5.25. The molecule has 12 heteroatoms. The molecule has 2 aliphatic heterocycles. The number of nitrogens with one attached hydrogen (secondary N) is 2. The summed E-state index contributed by atoms with van der Waals surface area (Å²) in [4.78, 5) is 84.0. The summed E-state index contributed by atoms with van der Waals surface area (Å²) in [7, 11) is 3.02. The number of hydrogen-bond donors (Lipinski definition) is 2. The van der Waals surface area contributed by atoms with E-state index in [1.807, 2.05) is 27.7 Å². The Morgan fingerprint density at radius 2 is 1.66 bits per heavy atom. The summed E-state index contributed by atoms with van der Waals surface area (Å²) in [5.41, 5.74) is 0. The molecule has 41 heavy (non-hydrogen) atoms. The Bertz CT molecular complexity index is 1020. The molecule has 2 aliphatic rings. The van der Waals surface area contributed by atoms with Crippen LogP contribution in [-0.4, -0.2) is 108 Å². The Kier molecular flexibility index (Phi) is 12.3. The van der Waals surface area contributed by atoms with E-state index < -0.39 is 65.8 Å². The summed E-state index contributed by atoms with van der Waals surface area (Å²) in [6.45, 7) is 12.8. The first-order chi connectivity index (χ1) is 19.3. The number of carbonyl (C=O) groups is 6. The zero-order valence-electron chi connectivity index (χ0n) is 25.5. The molecule has 0 unspecified atom stereocenters. The molecule has 12 nitrogen and oxygen atoms in total. The molecule has 0 radical (unpaired) electrons. The van der Waals surface area contributed by atoms with E-state index >= 15 is 0 Å². The molecule has 0 saturated carbocycles. The lowest BCUT2D eigenvalue weighted by atomic mass is 9.94. The first-order valence-corrected chi connectivity index (χ1v) is 14.5. The highest BCUT2D eigenvalue weighted by Gasteiger charge is 2.42. The van der Waals surface area contributed by atoms with Gasteiger partial charge in [-0.3, -0.25) is 28.8 Å². The van der Waals surface area contributed by atoms with Crippen LogP contribution in [0.4, 0.5) is 0 Å². The lowest BCUT2D eigenvalue weighted by molar-refractivity contribution is -0.161. The minimum atomic E-state index is -1.17. The first-order valence-electron chi connectivity index (χ1n) is 14.5. The fourth-order valence-corrected chi connectivity index (χ4v) is 5.25. The van der Waals surface area contributed by atoms with Crippen LogP contribution in [-0.2, 0) is 33.5 Å². The van der Waals surface area contributed by atoms with Crippen molar-refractivity contribution in [3.05, 3.63) is 12.7 Å². The zero-order chi connectivity index (χ0) is 31.0. The smallest absolute Gasteiger partial charge is 0.308 e. The van der Waals surface area contributed by atoms with Gasteiger partial charge in [-0.2, -0.15) is 0 Å². The number of esters is 1. The summed E-state index contributed by atoms with van der Waals surface area (Å²) in [6, 6.07) is -3.57. The summed E-state index contributed by atoms with van der Waals surface area (Å²) in [5, 5.41) is 5.51. The van der Waals surface area contributed by atoms with E-state index in [0.717, 1.165) is 0 Å². The number of nitrogens with zero attached hydrogens (tertiary/aromatic N) is 3. The SMILES string of the molecule is C=CC[C@@H]1OC(=O)CCNC(=O)[C@H](C)N(C)C(=O)[C@@H](C(C)C)N(C)C(=O)[C@H]([C@@H](C)CC)NC(=O)[C@H]2CCCN2C1=O. The second-order valence-electron chi connectivity index (χ2n) is 11.4. The van der Waals surface area contributed by atoms with E-state index in [2.05, 4.69) is 17.2 Å². The number of likely N-dealkylation sites (N-methyl/N-ethyl adjacent to an activating group) is 2. The minimum Gasteiger partial charge on any atom is -0.452 e. The molecule has 230 valence electrons. The second-order valence-corrected chi connectivity index (χ2v) is 11.4. The molecule has 0 aromatic heterocycles. The van der Waals surface area contributed by atoms with Crippen molar-refractivity contribution in [1.29, 1.82) is 0 Å². The van der Waals surface area contributed by atoms with Gasteiger partial charge in [0.05, 0.1) is 6.42 Å². The maximum atomic E-state index is 13.9. The molecule has 0 aromatic rings. The van der Waals surface area contributed by atoms with Crippen LogP contribution >= 0.6 is 0 Å². The average molecular weight is 578 g/mol. The van der Waals surface area contributed by atoms with Crippen molar-refractivity contribution in [3.63, 3.8) is 0 Å². The van der Waals surface area contributed by atoms with Crippen LogP contribution in [0, 0.1) is 11.8 Å². The van der Waals surface area contributed by atoms with Crippen molar-refractivity contribution >= 4 is 35.5 Å². The summed E-state index contributed by atoms with van der Waals surface area (Å²) in [5.74, 6) is -3.58. The number of amides is 5. The van der Waals surface area contributed by atoms with E-state index in [1.54, 1.807) is 6.92 Å². The van der Waals surface area contributed by atoms with Gasteiger partial charge >= 0.3 is 5.97 Å². The van der Waals surface area contributed by atoms with Gasteiger partial charge in [-0.05, 0) is 31.6 Å². The second kappa shape index (κ2) is 15.0. The predicted octanol–water partition coefficient (Wildman–Crippen LogP) is 0.846. The molecule has 0 bridgehead atoms. The van der Waals surface area contributed by atoms with Gasteiger partial charge in [0, 0.05) is 33.6 Å². The number of carbonyl (C=O) groups excluding carboxylic acids is 6. The highest BCUT2D eigenvalue weighted by molar-refractivity contribution is 5.96. The van der Waals surface area contributed by atoms with Crippen LogP contribution in [0.5, 0.6) is 0 Å². The average Bonchev–Trinajstić information content (AvgIpc) is 3.43. The third-order valence-electron chi connectivity index (χ3n) is 8.13. The van der Waals surface area contributed by atoms with Crippen molar-refractivity contribution in [2.45, 2.75) is 97.0 Å². The van der Waals surface area contributed by atoms with Gasteiger partial charge in [-0.1, -0.05) is 40.2 Å². The summed E-state index contributed by atoms with van der Waals surface area (Å²) in [6.07, 6.45) is 1.70. The number of rotatable bonds is 5. The Morgan fingerprint density at radius 1 is 1.00 bits per heavy atom. The molecular formula is C29H47N5O7. The van der Waals surface area contributed by atoms with Gasteiger partial charge in [0.2, 0.25) is 23.6 Å². The van der Waals surface area contributed by atoms with Gasteiger partial charge < -0.3 is 30.1 Å². The van der Waals surface area contributed by atoms with Crippen LogP contribution < -0.4 is 10.6 Å². The standard InChI is InChI=1S/C29H47N5O7/c1-9-12-21-27(38)34-16-11-13-20(34)26(37)31-23(18(5)10-2)28(39)33(8)24(17(3)4)29(40)32(7)19(6)25(36)30-15-14-22(35)41-21/h9,17-21,23-24H,1,10-16H2,2-8H3,(H,30,36)(H,31,37)/t18-,19-,20+,21-,23-,24+/m0/s1. The normalized spacial score (nSPS) is 28.8. The van der Waals surface area contributed by atoms with Crippen molar-refractivity contribution in [2.24, 2.45) is 11.8 Å². The predicted molar refractivity (Wildman–Crippen MR) is 152 cm³/mol. The van der Waals surface area contributed by atoms with Crippen molar-refractivity contribution < 1.29 is 33.5 Å². The van der Waals surface area contributed by atoms with Gasteiger partial charge in [-0.25, -0.2) is 0 Å². The molecule has 6 atom stereocenters. The largest absolute Gasteiger partial charge is 0.452 e. The number of cyclic esters (lactones) is 1. The molecular weight excluding hydrogens is 530 g/mol. The molecule has 2 heterocycles. The Balaban J connectivity index is 2.53. The molecule has 2 fully saturated rings. The van der Waals surface area contributed by atoms with Crippen LogP contribution in [0.25, 0.3) is 0 Å². The van der Waals surface area contributed by atoms with Crippen molar-refractivity contribution in [1.82, 2.24) is 25.3 Å². The van der Waals surface area contributed by atoms with Crippen LogP contribution in [0.3, 0.4) is 0 Å². The van der Waals surface area contributed by atoms with Crippen LogP contribution in [0.1, 0.15) is 66.7 Å². The van der Waals surface area contributed by atoms with Crippen LogP contribution in [0.15, 0.2) is 12.7 Å². The van der Waals surface area contributed by atoms with E-state index in [4.69, 9.17) is 4.74 Å². The Labute approximate surface area is 243 Å². The monoisotopic (exact) mass is 577 g/mol. The maximum Gasteiger partial charge on any atom is 0.308 e. The summed E-state index contributed by atoms with van der Waals surface area (Å²) < 4.78 is 5.45. The fraction of sp³-hybridized carbons (Fsp3) is 0.724. The number of ether oxygens (including phenoxy) is 1. The van der Waals surface area contributed by atoms with E-state index in [-0.39, 0.29) is 31.2 Å². The molecule has 2 saturated heterocycles. The molecule has 0 aromatic carbocycles. The lowest BCUT2D eigenvalue weighted by Gasteiger charge is -2.38. The van der Waals surface area contributed by atoms with Gasteiger partial charge in [0.15, 0.2) is 6.10 Å². The van der Waals surface area contributed by atoms with Crippen molar-refractivity contribution in [3.8, 4) is 0 Å². The van der Waals surface area contributed by atoms with Crippen molar-refractivity contribution in [2.75, 3.05) is 27.2 Å². The van der Waals surface area contributed by atoms with E-state index in [0.29, 0.717) is 25.8 Å². The molecule has 2 N–H and O–H groups in total. The van der Waals surface area contributed by atoms with E-state index in [1.165, 1.54) is 34.9 Å². The van der Waals surface area contributed by atoms with Gasteiger partial charge in [0.25, 0.3) is 5.91 Å². The Hall–Kier alpha value is -3.44. The zero-order valence-corrected chi connectivity index (χ0v) is 25.5. The first kappa shape index (κ1) is 33.8. The number of fused-ring (bicyclic) bond motifs is 1. The Morgan fingerprint density at radius 3 is 2.24 bits per heavy atom. The van der Waals surface area contributed by atoms with Gasteiger partial charge in [-0.15, -0.1) is 6.58 Å². The minimum absolute atomic E-state index is 0.0566. The lowest BCUT2D eigenvalue weighted by Crippen LogP contribution is -2.60. The highest BCUT2D eigenvalue weighted by atomic mass is 16.5. The highest BCUT2D eigenvalue weighted by Crippen LogP contribution is 2.23. The maximum absolute atomic E-state index is 13.9. The third kappa shape index (κ3) is 8.07. The quantitative estimate of drug-likeness (QED) is 0.364. The summed E-state index contributed by atoms with van der Waals surface area (Å²) >= 11 is 0. The molecule has 0 spiro atoms. The molecule has 5 amide bonds. The third-order valence-corrected chi connectivity index (χ3v) is 8.13. The van der Waals surface area contributed by atoms with E-state index in [9.17, 15) is 28.8 Å². The van der Waals surface area contributed by atoms with Gasteiger partial charge in [0.1, 0.15) is 24.2 Å². The molecule has 2 rings (SSSR count). The number of hydrogen-bond acceptors (Lipinski definition) is 7.